The van der Waals surface area contributed by atoms with Crippen LogP contribution in [0, 0.1) is 5.82 Å². The number of methoxy groups -OCH3 is 1. The molecule has 3 aromatic rings. The highest BCUT2D eigenvalue weighted by molar-refractivity contribution is 6.04. The van der Waals surface area contributed by atoms with Gasteiger partial charge < -0.3 is 24.4 Å². The second-order valence-electron chi connectivity index (χ2n) is 7.83. The van der Waals surface area contributed by atoms with Crippen molar-refractivity contribution in [2.75, 3.05) is 43.6 Å². The average molecular weight is 495 g/mol. The molecular formula is C26H27FN4O5. The molecule has 2 heterocycles. The van der Waals surface area contributed by atoms with Crippen molar-refractivity contribution in [2.45, 2.75) is 20.0 Å². The lowest BCUT2D eigenvalue weighted by Gasteiger charge is -2.19. The van der Waals surface area contributed by atoms with Crippen LogP contribution in [-0.2, 0) is 14.3 Å². The Kier molecular flexibility index (Phi) is 7.74. The Labute approximate surface area is 208 Å². The van der Waals surface area contributed by atoms with E-state index in [4.69, 9.17) is 14.2 Å². The molecule has 1 N–H and O–H groups in total. The monoisotopic (exact) mass is 494 g/mol. The molecule has 0 saturated heterocycles. The van der Waals surface area contributed by atoms with Crippen LogP contribution in [0.5, 0.6) is 5.75 Å². The highest BCUT2D eigenvalue weighted by atomic mass is 19.1. The van der Waals surface area contributed by atoms with Gasteiger partial charge in [0.2, 0.25) is 0 Å². The number of aromatic nitrogens is 2. The molecule has 9 nitrogen and oxygen atoms in total. The van der Waals surface area contributed by atoms with Crippen molar-refractivity contribution in [2.24, 2.45) is 0 Å². The van der Waals surface area contributed by atoms with Gasteiger partial charge in [0.15, 0.2) is 6.10 Å². The third kappa shape index (κ3) is 4.85. The summed E-state index contributed by atoms with van der Waals surface area (Å²) < 4.78 is 30.8. The van der Waals surface area contributed by atoms with Gasteiger partial charge in [0.05, 0.1) is 24.6 Å². The van der Waals surface area contributed by atoms with Crippen LogP contribution in [0.2, 0.25) is 0 Å². The Hall–Kier alpha value is -4.05. The molecule has 10 heteroatoms. The number of carbonyl (C=O) groups is 2. The number of hydrogen-bond donors (Lipinski definition) is 1. The van der Waals surface area contributed by atoms with E-state index in [9.17, 15) is 14.0 Å². The normalized spacial score (nSPS) is 14.5. The third-order valence-electron chi connectivity index (χ3n) is 5.68. The predicted octanol–water partition coefficient (Wildman–Crippen LogP) is 4.00. The van der Waals surface area contributed by atoms with Gasteiger partial charge in [0.25, 0.3) is 5.91 Å². The van der Waals surface area contributed by atoms with Gasteiger partial charge in [0.1, 0.15) is 29.3 Å². The van der Waals surface area contributed by atoms with Crippen molar-refractivity contribution >= 4 is 23.4 Å². The number of esters is 1. The van der Waals surface area contributed by atoms with Gasteiger partial charge in [-0.3, -0.25) is 4.79 Å². The van der Waals surface area contributed by atoms with Crippen molar-refractivity contribution in [1.29, 1.82) is 0 Å². The van der Waals surface area contributed by atoms with Crippen molar-refractivity contribution in [3.63, 3.8) is 0 Å². The zero-order chi connectivity index (χ0) is 25.7. The zero-order valence-electron chi connectivity index (χ0n) is 20.3. The van der Waals surface area contributed by atoms with Crippen molar-refractivity contribution in [3.05, 3.63) is 65.7 Å². The molecule has 0 aliphatic carbocycles. The van der Waals surface area contributed by atoms with Gasteiger partial charge in [-0.1, -0.05) is 18.2 Å². The predicted molar refractivity (Wildman–Crippen MR) is 132 cm³/mol. The molecule has 36 heavy (non-hydrogen) atoms. The molecule has 1 aromatic heterocycles. The van der Waals surface area contributed by atoms with Crippen LogP contribution in [-0.4, -0.2) is 55.3 Å². The fourth-order valence-corrected chi connectivity index (χ4v) is 4.17. The lowest BCUT2D eigenvalue weighted by atomic mass is 10.1. The molecule has 0 spiro atoms. The first-order valence-corrected chi connectivity index (χ1v) is 11.6. The summed E-state index contributed by atoms with van der Waals surface area (Å²) in [6.07, 6.45) is 0.562. The van der Waals surface area contributed by atoms with Gasteiger partial charge in [-0.25, -0.2) is 19.2 Å². The Bertz CT molecular complexity index is 1270. The van der Waals surface area contributed by atoms with Crippen LogP contribution in [0.3, 0.4) is 0 Å². The fraction of sp³-hybridized carbons (Fsp3) is 0.308. The van der Waals surface area contributed by atoms with E-state index in [1.165, 1.54) is 24.4 Å². The number of hydrogen-bond acceptors (Lipinski definition) is 8. The average Bonchev–Trinajstić information content (AvgIpc) is 3.16. The van der Waals surface area contributed by atoms with Crippen LogP contribution in [0.4, 0.5) is 15.9 Å². The van der Waals surface area contributed by atoms with Crippen LogP contribution < -0.4 is 15.0 Å². The van der Waals surface area contributed by atoms with Gasteiger partial charge in [-0.2, -0.15) is 0 Å². The molecule has 0 fully saturated rings. The van der Waals surface area contributed by atoms with Crippen molar-refractivity contribution in [3.8, 4) is 17.0 Å². The summed E-state index contributed by atoms with van der Waals surface area (Å²) in [6, 6.07) is 11.5. The van der Waals surface area contributed by atoms with Gasteiger partial charge in [-0.15, -0.1) is 0 Å². The van der Waals surface area contributed by atoms with E-state index in [2.05, 4.69) is 15.3 Å². The summed E-state index contributed by atoms with van der Waals surface area (Å²) in [4.78, 5) is 35.2. The minimum absolute atomic E-state index is 0.203. The van der Waals surface area contributed by atoms with E-state index in [0.29, 0.717) is 47.1 Å². The minimum atomic E-state index is -0.829. The summed E-state index contributed by atoms with van der Waals surface area (Å²) in [5, 5.41) is 3.15. The van der Waals surface area contributed by atoms with E-state index in [1.54, 1.807) is 43.3 Å². The molecule has 1 unspecified atom stereocenters. The van der Waals surface area contributed by atoms with E-state index in [0.717, 1.165) is 0 Å². The number of fused-ring (bicyclic) bond motifs is 1. The number of rotatable bonds is 10. The molecule has 1 aliphatic rings. The summed E-state index contributed by atoms with van der Waals surface area (Å²) in [6.45, 7) is 4.66. The quantitative estimate of drug-likeness (QED) is 0.422. The third-order valence-corrected chi connectivity index (χ3v) is 5.68. The van der Waals surface area contributed by atoms with E-state index < -0.39 is 17.9 Å². The molecule has 4 rings (SSSR count). The summed E-state index contributed by atoms with van der Waals surface area (Å²) >= 11 is 0. The lowest BCUT2D eigenvalue weighted by molar-refractivity contribution is -0.127. The number of halogens is 1. The Morgan fingerprint density at radius 2 is 1.94 bits per heavy atom. The highest BCUT2D eigenvalue weighted by Gasteiger charge is 2.39. The number of amides is 1. The fourth-order valence-electron chi connectivity index (χ4n) is 4.17. The first-order chi connectivity index (χ1) is 17.5. The number of para-hydroxylation sites is 2. The standard InChI is InChI=1S/C26H27FN4O5/c1-4-35-23-16(8-6-10-18(23)26(33)36-5-2)20-14-21(30-15-29-20)28-12-13-31-22-17(9-7-11-19(22)27)24(34-3)25(31)32/h6-11,14-15,24H,4-5,12-13H2,1-3H3,(H,28,29,30). The SMILES string of the molecule is CCOC(=O)c1cccc(-c2cc(NCCN3C(=O)C(OC)c4cccc(F)c43)ncn2)c1OCC. The van der Waals surface area contributed by atoms with Crippen LogP contribution in [0.15, 0.2) is 48.8 Å². The molecule has 0 radical (unpaired) electrons. The number of nitrogens with zero attached hydrogens (tertiary/aromatic N) is 3. The molecule has 1 aliphatic heterocycles. The van der Waals surface area contributed by atoms with Crippen LogP contribution in [0.25, 0.3) is 11.3 Å². The Morgan fingerprint density at radius 3 is 2.69 bits per heavy atom. The summed E-state index contributed by atoms with van der Waals surface area (Å²) in [5.41, 5.74) is 2.20. The lowest BCUT2D eigenvalue weighted by Crippen LogP contribution is -2.34. The van der Waals surface area contributed by atoms with Crippen molar-refractivity contribution < 1.29 is 28.2 Å². The van der Waals surface area contributed by atoms with Crippen molar-refractivity contribution in [1.82, 2.24) is 9.97 Å². The number of carbonyl (C=O) groups excluding carboxylic acids is 2. The van der Waals surface area contributed by atoms with Gasteiger partial charge in [0, 0.05) is 37.4 Å². The van der Waals surface area contributed by atoms with E-state index >= 15 is 0 Å². The molecule has 1 atom stereocenters. The smallest absolute Gasteiger partial charge is 0.341 e. The molecular weight excluding hydrogens is 467 g/mol. The molecule has 2 aromatic carbocycles. The first-order valence-electron chi connectivity index (χ1n) is 11.6. The maximum Gasteiger partial charge on any atom is 0.341 e. The molecule has 1 amide bonds. The zero-order valence-corrected chi connectivity index (χ0v) is 20.3. The number of anilines is 2. The summed E-state index contributed by atoms with van der Waals surface area (Å²) in [7, 11) is 1.43. The van der Waals surface area contributed by atoms with Crippen LogP contribution >= 0.6 is 0 Å². The second kappa shape index (κ2) is 11.1. The minimum Gasteiger partial charge on any atom is -0.492 e. The molecule has 0 saturated carbocycles. The number of ether oxygens (including phenoxy) is 3. The second-order valence-corrected chi connectivity index (χ2v) is 7.83. The van der Waals surface area contributed by atoms with Crippen LogP contribution in [0.1, 0.15) is 35.9 Å². The Morgan fingerprint density at radius 1 is 1.14 bits per heavy atom. The molecule has 188 valence electrons. The number of nitrogens with one attached hydrogen (secondary N) is 1. The Balaban J connectivity index is 1.53. The van der Waals surface area contributed by atoms with Gasteiger partial charge in [-0.05, 0) is 32.0 Å². The maximum atomic E-state index is 14.5. The maximum absolute atomic E-state index is 14.5. The summed E-state index contributed by atoms with van der Waals surface area (Å²) in [5.74, 6) is -0.405. The topological polar surface area (TPSA) is 103 Å². The van der Waals surface area contributed by atoms with Gasteiger partial charge >= 0.3 is 5.97 Å². The number of benzene rings is 2. The highest BCUT2D eigenvalue weighted by Crippen LogP contribution is 2.39. The first kappa shape index (κ1) is 25.1. The van der Waals surface area contributed by atoms with E-state index in [-0.39, 0.29) is 24.7 Å². The van der Waals surface area contributed by atoms with E-state index in [1.807, 2.05) is 6.92 Å². The molecule has 0 bridgehead atoms. The largest absolute Gasteiger partial charge is 0.492 e.